The van der Waals surface area contributed by atoms with Crippen LogP contribution in [0.5, 0.6) is 5.75 Å². The van der Waals surface area contributed by atoms with E-state index in [0.29, 0.717) is 0 Å². The summed E-state index contributed by atoms with van der Waals surface area (Å²) >= 11 is 0. The minimum Gasteiger partial charge on any atom is -0.488 e. The first-order valence-corrected chi connectivity index (χ1v) is 8.21. The number of para-hydroxylation sites is 1. The van der Waals surface area contributed by atoms with Crippen LogP contribution in [0.4, 0.5) is 0 Å². The van der Waals surface area contributed by atoms with Gasteiger partial charge in [-0.1, -0.05) is 18.2 Å². The van der Waals surface area contributed by atoms with Crippen LogP contribution in [0.2, 0.25) is 0 Å². The molecule has 3 rings (SSSR count). The molecule has 3 atom stereocenters. The number of likely N-dealkylation sites (N-methyl/N-ethyl adjacent to an activating group) is 1. The molecule has 1 fully saturated rings. The number of benzene rings is 1. The van der Waals surface area contributed by atoms with E-state index in [9.17, 15) is 5.11 Å². The number of rotatable bonds is 5. The Hall–Kier alpha value is -1.85. The average Bonchev–Trinajstić information content (AvgIpc) is 2.95. The number of aliphatic hydroxyl groups is 1. The fourth-order valence-electron chi connectivity index (χ4n) is 3.36. The molecule has 0 spiro atoms. The van der Waals surface area contributed by atoms with Gasteiger partial charge in [-0.05, 0) is 38.4 Å². The van der Waals surface area contributed by atoms with Gasteiger partial charge < -0.3 is 9.84 Å². The van der Waals surface area contributed by atoms with Gasteiger partial charge in [0.1, 0.15) is 18.0 Å². The van der Waals surface area contributed by atoms with E-state index >= 15 is 0 Å². The largest absolute Gasteiger partial charge is 0.488 e. The lowest BCUT2D eigenvalue weighted by molar-refractivity contribution is -0.0491. The molecule has 5 nitrogen and oxygen atoms in total. The van der Waals surface area contributed by atoms with Crippen LogP contribution in [0.15, 0.2) is 42.7 Å². The molecule has 0 radical (unpaired) electrons. The monoisotopic (exact) mass is 315 g/mol. The van der Waals surface area contributed by atoms with Gasteiger partial charge in [-0.3, -0.25) is 9.58 Å². The number of aromatic nitrogens is 2. The number of ether oxygens (including phenoxy) is 1. The van der Waals surface area contributed by atoms with Crippen LogP contribution in [0.3, 0.4) is 0 Å². The Labute approximate surface area is 137 Å². The lowest BCUT2D eigenvalue weighted by Gasteiger charge is -2.39. The maximum absolute atomic E-state index is 10.8. The Bertz CT molecular complexity index is 614. The van der Waals surface area contributed by atoms with Crippen LogP contribution in [-0.2, 0) is 13.6 Å². The van der Waals surface area contributed by atoms with Crippen molar-refractivity contribution >= 4 is 0 Å². The highest BCUT2D eigenvalue weighted by Gasteiger charge is 2.35. The standard InChI is InChI=1S/C18H25N3O2/c1-20(12-14-11-19-21(2)13-14)16-9-6-10-17(18(16)22)23-15-7-4-3-5-8-15/h3-5,7-8,11,13,16-18,22H,6,9-10,12H2,1-2H3/t16-,17+,18+/m1/s1. The van der Waals surface area contributed by atoms with Gasteiger partial charge in [0.15, 0.2) is 0 Å². The Morgan fingerprint density at radius 1 is 1.30 bits per heavy atom. The molecule has 0 saturated heterocycles. The van der Waals surface area contributed by atoms with Gasteiger partial charge in [-0.25, -0.2) is 0 Å². The number of hydrogen-bond acceptors (Lipinski definition) is 4. The first-order valence-electron chi connectivity index (χ1n) is 8.21. The van der Waals surface area contributed by atoms with Gasteiger partial charge in [0, 0.05) is 31.4 Å². The highest BCUT2D eigenvalue weighted by molar-refractivity contribution is 5.21. The van der Waals surface area contributed by atoms with Gasteiger partial charge in [-0.2, -0.15) is 5.10 Å². The molecule has 0 unspecified atom stereocenters. The molecule has 124 valence electrons. The number of aliphatic hydroxyl groups excluding tert-OH is 1. The normalized spacial score (nSPS) is 24.8. The molecule has 0 aliphatic heterocycles. The summed E-state index contributed by atoms with van der Waals surface area (Å²) in [5, 5.41) is 15.0. The molecule has 1 aliphatic carbocycles. The van der Waals surface area contributed by atoms with Crippen molar-refractivity contribution < 1.29 is 9.84 Å². The number of nitrogens with zero attached hydrogens (tertiary/aromatic N) is 3. The summed E-state index contributed by atoms with van der Waals surface area (Å²) < 4.78 is 7.82. The summed E-state index contributed by atoms with van der Waals surface area (Å²) in [4.78, 5) is 2.21. The fourth-order valence-corrected chi connectivity index (χ4v) is 3.36. The number of aryl methyl sites for hydroxylation is 1. The third kappa shape index (κ3) is 3.92. The van der Waals surface area contributed by atoms with Crippen molar-refractivity contribution in [3.05, 3.63) is 48.3 Å². The van der Waals surface area contributed by atoms with Crippen LogP contribution in [0.1, 0.15) is 24.8 Å². The molecule has 1 saturated carbocycles. The fraction of sp³-hybridized carbons (Fsp3) is 0.500. The van der Waals surface area contributed by atoms with Crippen molar-refractivity contribution in [2.45, 2.75) is 44.1 Å². The number of hydrogen-bond donors (Lipinski definition) is 1. The van der Waals surface area contributed by atoms with Crippen molar-refractivity contribution in [1.29, 1.82) is 0 Å². The summed E-state index contributed by atoms with van der Waals surface area (Å²) in [6.07, 6.45) is 6.22. The van der Waals surface area contributed by atoms with Crippen molar-refractivity contribution in [1.82, 2.24) is 14.7 Å². The Morgan fingerprint density at radius 3 is 2.78 bits per heavy atom. The summed E-state index contributed by atoms with van der Waals surface area (Å²) in [7, 11) is 3.98. The van der Waals surface area contributed by atoms with Crippen molar-refractivity contribution in [2.24, 2.45) is 7.05 Å². The van der Waals surface area contributed by atoms with Crippen LogP contribution in [0.25, 0.3) is 0 Å². The summed E-state index contributed by atoms with van der Waals surface area (Å²) in [6.45, 7) is 0.785. The lowest BCUT2D eigenvalue weighted by atomic mass is 9.89. The molecule has 1 heterocycles. The minimum atomic E-state index is -0.481. The van der Waals surface area contributed by atoms with Gasteiger partial charge in [-0.15, -0.1) is 0 Å². The summed E-state index contributed by atoms with van der Waals surface area (Å²) in [5.74, 6) is 0.826. The van der Waals surface area contributed by atoms with E-state index in [1.165, 1.54) is 0 Å². The van der Waals surface area contributed by atoms with Gasteiger partial charge in [0.25, 0.3) is 0 Å². The molecule has 0 bridgehead atoms. The zero-order chi connectivity index (χ0) is 16.2. The minimum absolute atomic E-state index is 0.109. The van der Waals surface area contributed by atoms with Gasteiger partial charge in [0.05, 0.1) is 6.20 Å². The maximum atomic E-state index is 10.8. The first kappa shape index (κ1) is 16.0. The van der Waals surface area contributed by atoms with E-state index in [2.05, 4.69) is 17.0 Å². The Kier molecular flexibility index (Phi) is 4.98. The smallest absolute Gasteiger partial charge is 0.126 e. The first-order chi connectivity index (χ1) is 11.1. The summed E-state index contributed by atoms with van der Waals surface area (Å²) in [5.41, 5.74) is 1.16. The Morgan fingerprint density at radius 2 is 2.09 bits per heavy atom. The highest BCUT2D eigenvalue weighted by atomic mass is 16.5. The molecular formula is C18H25N3O2. The van der Waals surface area contributed by atoms with Crippen molar-refractivity contribution in [3.8, 4) is 5.75 Å². The SMILES string of the molecule is CN(Cc1cnn(C)c1)[C@@H]1CCC[C@H](Oc2ccccc2)[C@H]1O. The highest BCUT2D eigenvalue weighted by Crippen LogP contribution is 2.27. The molecule has 1 aromatic heterocycles. The molecule has 0 amide bonds. The van der Waals surface area contributed by atoms with Crippen LogP contribution in [-0.4, -0.2) is 45.1 Å². The third-order valence-electron chi connectivity index (χ3n) is 4.55. The molecule has 1 N–H and O–H groups in total. The van der Waals surface area contributed by atoms with E-state index in [0.717, 1.165) is 37.1 Å². The molecule has 1 aliphatic rings. The molecule has 23 heavy (non-hydrogen) atoms. The maximum Gasteiger partial charge on any atom is 0.126 e. The molecule has 1 aromatic carbocycles. The van der Waals surface area contributed by atoms with Crippen LogP contribution >= 0.6 is 0 Å². The van der Waals surface area contributed by atoms with E-state index in [1.54, 1.807) is 0 Å². The summed E-state index contributed by atoms with van der Waals surface area (Å²) in [6, 6.07) is 9.87. The zero-order valence-electron chi connectivity index (χ0n) is 13.8. The topological polar surface area (TPSA) is 50.5 Å². The third-order valence-corrected chi connectivity index (χ3v) is 4.55. The van der Waals surface area contributed by atoms with Gasteiger partial charge >= 0.3 is 0 Å². The molecule has 5 heteroatoms. The van der Waals surface area contributed by atoms with E-state index in [1.807, 2.05) is 54.5 Å². The average molecular weight is 315 g/mol. The Balaban J connectivity index is 1.63. The quantitative estimate of drug-likeness (QED) is 0.919. The predicted octanol–water partition coefficient (Wildman–Crippen LogP) is 2.21. The second-order valence-corrected chi connectivity index (χ2v) is 6.40. The molecule has 2 aromatic rings. The van der Waals surface area contributed by atoms with E-state index in [-0.39, 0.29) is 12.1 Å². The predicted molar refractivity (Wildman–Crippen MR) is 89.2 cm³/mol. The van der Waals surface area contributed by atoms with Gasteiger partial charge in [0.2, 0.25) is 0 Å². The van der Waals surface area contributed by atoms with Crippen LogP contribution in [0, 0.1) is 0 Å². The van der Waals surface area contributed by atoms with Crippen LogP contribution < -0.4 is 4.74 Å². The second-order valence-electron chi connectivity index (χ2n) is 6.40. The molecular weight excluding hydrogens is 290 g/mol. The van der Waals surface area contributed by atoms with E-state index in [4.69, 9.17) is 4.74 Å². The second kappa shape index (κ2) is 7.15. The van der Waals surface area contributed by atoms with Crippen molar-refractivity contribution in [2.75, 3.05) is 7.05 Å². The van der Waals surface area contributed by atoms with E-state index < -0.39 is 6.10 Å². The lowest BCUT2D eigenvalue weighted by Crippen LogP contribution is -2.51. The van der Waals surface area contributed by atoms with Crippen molar-refractivity contribution in [3.63, 3.8) is 0 Å². The zero-order valence-corrected chi connectivity index (χ0v) is 13.8.